The molecule has 114 valence electrons. The molecule has 0 heterocycles. The van der Waals surface area contributed by atoms with Crippen LogP contribution in [0.1, 0.15) is 6.42 Å². The van der Waals surface area contributed by atoms with Crippen LogP contribution in [-0.2, 0) is 9.59 Å². The highest BCUT2D eigenvalue weighted by Crippen LogP contribution is 2.08. The fourth-order valence-electron chi connectivity index (χ4n) is 1.52. The van der Waals surface area contributed by atoms with Crippen molar-refractivity contribution in [3.8, 4) is 0 Å². The maximum absolute atomic E-state index is 12.7. The Labute approximate surface area is 121 Å². The van der Waals surface area contributed by atoms with Crippen molar-refractivity contribution in [2.24, 2.45) is 5.73 Å². The first kappa shape index (κ1) is 16.4. The molecule has 0 atom stereocenters. The van der Waals surface area contributed by atoms with Gasteiger partial charge in [-0.1, -0.05) is 0 Å². The van der Waals surface area contributed by atoms with Crippen LogP contribution in [0.5, 0.6) is 0 Å². The second-order valence-electron chi connectivity index (χ2n) is 4.35. The summed E-state index contributed by atoms with van der Waals surface area (Å²) in [4.78, 5) is 35.0. The van der Waals surface area contributed by atoms with Gasteiger partial charge in [0.2, 0.25) is 11.8 Å². The average molecular weight is 296 g/mol. The van der Waals surface area contributed by atoms with E-state index in [9.17, 15) is 18.8 Å². The molecule has 0 saturated carbocycles. The Morgan fingerprint density at radius 2 is 1.86 bits per heavy atom. The number of amides is 4. The number of carbonyl (C=O) groups excluding carboxylic acids is 3. The van der Waals surface area contributed by atoms with Crippen molar-refractivity contribution in [3.05, 3.63) is 30.1 Å². The highest BCUT2D eigenvalue weighted by atomic mass is 19.1. The number of nitrogens with zero attached hydrogens (tertiary/aromatic N) is 1. The first-order valence-electron chi connectivity index (χ1n) is 6.21. The van der Waals surface area contributed by atoms with Crippen LogP contribution in [0.25, 0.3) is 0 Å². The van der Waals surface area contributed by atoms with Crippen molar-refractivity contribution in [1.29, 1.82) is 0 Å². The zero-order valence-electron chi connectivity index (χ0n) is 11.6. The average Bonchev–Trinajstić information content (AvgIpc) is 2.40. The van der Waals surface area contributed by atoms with Gasteiger partial charge in [-0.2, -0.15) is 0 Å². The molecule has 0 aliphatic heterocycles. The van der Waals surface area contributed by atoms with E-state index in [-0.39, 0.29) is 25.4 Å². The Morgan fingerprint density at radius 3 is 2.43 bits per heavy atom. The van der Waals surface area contributed by atoms with Gasteiger partial charge in [-0.3, -0.25) is 9.59 Å². The van der Waals surface area contributed by atoms with Crippen LogP contribution in [0.2, 0.25) is 0 Å². The third kappa shape index (κ3) is 6.37. The molecule has 1 aromatic carbocycles. The molecule has 1 rings (SSSR count). The second kappa shape index (κ2) is 7.83. The highest BCUT2D eigenvalue weighted by molar-refractivity contribution is 5.94. The lowest BCUT2D eigenvalue weighted by Crippen LogP contribution is -2.38. The molecule has 7 nitrogen and oxygen atoms in total. The predicted octanol–water partition coefficient (Wildman–Crippen LogP) is 0.281. The molecule has 8 heteroatoms. The van der Waals surface area contributed by atoms with Crippen molar-refractivity contribution in [1.82, 2.24) is 10.2 Å². The summed E-state index contributed by atoms with van der Waals surface area (Å²) in [5.74, 6) is -1.11. The normalized spacial score (nSPS) is 9.81. The van der Waals surface area contributed by atoms with E-state index in [1.54, 1.807) is 0 Å². The van der Waals surface area contributed by atoms with Gasteiger partial charge < -0.3 is 21.3 Å². The van der Waals surface area contributed by atoms with E-state index < -0.39 is 17.8 Å². The minimum atomic E-state index is -0.709. The van der Waals surface area contributed by atoms with E-state index in [1.165, 1.54) is 36.2 Å². The van der Waals surface area contributed by atoms with Crippen LogP contribution in [0.3, 0.4) is 0 Å². The summed E-state index contributed by atoms with van der Waals surface area (Å²) in [5.41, 5.74) is 5.31. The van der Waals surface area contributed by atoms with E-state index in [1.807, 2.05) is 0 Å². The van der Waals surface area contributed by atoms with Gasteiger partial charge in [0.25, 0.3) is 0 Å². The van der Waals surface area contributed by atoms with Crippen molar-refractivity contribution < 1.29 is 18.8 Å². The SMILES string of the molecule is CN(CC(=O)Nc1ccc(F)cc1)C(=O)CCNC(N)=O. The number of likely N-dealkylation sites (N-methyl/N-ethyl adjacent to an activating group) is 1. The number of primary amides is 1. The van der Waals surface area contributed by atoms with Gasteiger partial charge in [-0.15, -0.1) is 0 Å². The van der Waals surface area contributed by atoms with Gasteiger partial charge in [0.05, 0.1) is 6.54 Å². The van der Waals surface area contributed by atoms with Crippen LogP contribution in [0.4, 0.5) is 14.9 Å². The number of nitrogens with two attached hydrogens (primary N) is 1. The summed E-state index contributed by atoms with van der Waals surface area (Å²) in [6.45, 7) is -0.0368. The Balaban J connectivity index is 2.37. The fourth-order valence-corrected chi connectivity index (χ4v) is 1.52. The number of hydrogen-bond acceptors (Lipinski definition) is 3. The maximum Gasteiger partial charge on any atom is 0.312 e. The monoisotopic (exact) mass is 296 g/mol. The number of hydrogen-bond donors (Lipinski definition) is 3. The summed E-state index contributed by atoms with van der Waals surface area (Å²) in [6, 6.07) is 4.58. The number of rotatable bonds is 6. The van der Waals surface area contributed by atoms with Gasteiger partial charge in [-0.25, -0.2) is 9.18 Å². The Bertz CT molecular complexity index is 519. The van der Waals surface area contributed by atoms with Gasteiger partial charge in [-0.05, 0) is 24.3 Å². The first-order valence-corrected chi connectivity index (χ1v) is 6.21. The fraction of sp³-hybridized carbons (Fsp3) is 0.308. The third-order valence-electron chi connectivity index (χ3n) is 2.57. The Hall–Kier alpha value is -2.64. The molecule has 0 bridgehead atoms. The van der Waals surface area contributed by atoms with E-state index in [4.69, 9.17) is 5.73 Å². The van der Waals surface area contributed by atoms with Crippen molar-refractivity contribution in [2.45, 2.75) is 6.42 Å². The minimum Gasteiger partial charge on any atom is -0.352 e. The molecule has 1 aromatic rings. The van der Waals surface area contributed by atoms with Gasteiger partial charge in [0.1, 0.15) is 5.82 Å². The molecule has 0 aliphatic rings. The lowest BCUT2D eigenvalue weighted by molar-refractivity contribution is -0.133. The maximum atomic E-state index is 12.7. The zero-order valence-corrected chi connectivity index (χ0v) is 11.6. The number of halogens is 1. The lowest BCUT2D eigenvalue weighted by Gasteiger charge is -2.16. The first-order chi connectivity index (χ1) is 9.88. The van der Waals surface area contributed by atoms with E-state index in [0.717, 1.165) is 0 Å². The predicted molar refractivity (Wildman–Crippen MR) is 74.9 cm³/mol. The third-order valence-corrected chi connectivity index (χ3v) is 2.57. The topological polar surface area (TPSA) is 105 Å². The molecule has 0 spiro atoms. The molecule has 4 N–H and O–H groups in total. The summed E-state index contributed by atoms with van der Waals surface area (Å²) < 4.78 is 12.7. The molecule has 0 saturated heterocycles. The van der Waals surface area contributed by atoms with Crippen LogP contribution >= 0.6 is 0 Å². The second-order valence-corrected chi connectivity index (χ2v) is 4.35. The summed E-state index contributed by atoms with van der Waals surface area (Å²) in [6.07, 6.45) is 0.0449. The summed E-state index contributed by atoms with van der Waals surface area (Å²) in [7, 11) is 1.47. The minimum absolute atomic E-state index is 0.0449. The number of benzene rings is 1. The van der Waals surface area contributed by atoms with Gasteiger partial charge in [0, 0.05) is 25.7 Å². The highest BCUT2D eigenvalue weighted by Gasteiger charge is 2.13. The molecule has 4 amide bonds. The number of nitrogens with one attached hydrogen (secondary N) is 2. The molecular weight excluding hydrogens is 279 g/mol. The molecule has 0 aliphatic carbocycles. The smallest absolute Gasteiger partial charge is 0.312 e. The van der Waals surface area contributed by atoms with Crippen molar-refractivity contribution >= 4 is 23.5 Å². The molecule has 0 radical (unpaired) electrons. The molecule has 21 heavy (non-hydrogen) atoms. The van der Waals surface area contributed by atoms with Gasteiger partial charge in [0.15, 0.2) is 0 Å². The lowest BCUT2D eigenvalue weighted by atomic mass is 10.3. The van der Waals surface area contributed by atoms with E-state index >= 15 is 0 Å². The van der Waals surface area contributed by atoms with Crippen LogP contribution in [0.15, 0.2) is 24.3 Å². The van der Waals surface area contributed by atoms with Crippen LogP contribution in [-0.4, -0.2) is 42.9 Å². The van der Waals surface area contributed by atoms with E-state index in [2.05, 4.69) is 10.6 Å². The Morgan fingerprint density at radius 1 is 1.24 bits per heavy atom. The summed E-state index contributed by atoms with van der Waals surface area (Å²) in [5, 5.41) is 4.83. The molecular formula is C13H17FN4O3. The largest absolute Gasteiger partial charge is 0.352 e. The molecule has 0 fully saturated rings. The Kier molecular flexibility index (Phi) is 6.12. The van der Waals surface area contributed by atoms with E-state index in [0.29, 0.717) is 5.69 Å². The number of carbonyl (C=O) groups is 3. The van der Waals surface area contributed by atoms with Gasteiger partial charge >= 0.3 is 6.03 Å². The van der Waals surface area contributed by atoms with Crippen molar-refractivity contribution in [3.63, 3.8) is 0 Å². The standard InChI is InChI=1S/C13H17FN4O3/c1-18(12(20)6-7-16-13(15)21)8-11(19)17-10-4-2-9(14)3-5-10/h2-5H,6-8H2,1H3,(H,17,19)(H3,15,16,21). The number of urea groups is 1. The summed E-state index contributed by atoms with van der Waals surface area (Å²) >= 11 is 0. The van der Waals surface area contributed by atoms with Crippen molar-refractivity contribution in [2.75, 3.05) is 25.5 Å². The number of anilines is 1. The van der Waals surface area contributed by atoms with Crippen LogP contribution in [0, 0.1) is 5.82 Å². The van der Waals surface area contributed by atoms with Crippen LogP contribution < -0.4 is 16.4 Å². The molecule has 0 aromatic heterocycles. The quantitative estimate of drug-likeness (QED) is 0.702. The zero-order chi connectivity index (χ0) is 15.8. The molecule has 0 unspecified atom stereocenters.